The molecule has 0 spiro atoms. The molecular weight excluding hydrogens is 490 g/mol. The number of aryl methyl sites for hydroxylation is 2. The van der Waals surface area contributed by atoms with Crippen molar-refractivity contribution in [2.45, 2.75) is 33.2 Å². The van der Waals surface area contributed by atoms with Gasteiger partial charge in [-0.3, -0.25) is 19.3 Å². The molecule has 0 atom stereocenters. The molecule has 1 aliphatic rings. The van der Waals surface area contributed by atoms with Gasteiger partial charge in [0.1, 0.15) is 0 Å². The first-order valence-electron chi connectivity index (χ1n) is 13.5. The summed E-state index contributed by atoms with van der Waals surface area (Å²) >= 11 is 0. The number of methoxy groups -OCH3 is 1. The molecule has 202 valence electrons. The van der Waals surface area contributed by atoms with E-state index < -0.39 is 0 Å². The molecule has 0 saturated carbocycles. The molecule has 5 rings (SSSR count). The van der Waals surface area contributed by atoms with Crippen molar-refractivity contribution in [3.05, 3.63) is 83.3 Å². The molecule has 2 aromatic carbocycles. The van der Waals surface area contributed by atoms with Gasteiger partial charge in [0, 0.05) is 68.4 Å². The highest BCUT2D eigenvalue weighted by atomic mass is 16.5. The minimum Gasteiger partial charge on any atom is -0.383 e. The van der Waals surface area contributed by atoms with Crippen LogP contribution in [-0.2, 0) is 11.3 Å². The molecule has 0 unspecified atom stereocenters. The monoisotopic (exact) mass is 525 g/mol. The highest BCUT2D eigenvalue weighted by Gasteiger charge is 2.25. The molecule has 4 aromatic rings. The number of nitrogens with zero attached hydrogens (tertiary/aromatic N) is 4. The largest absolute Gasteiger partial charge is 0.383 e. The highest BCUT2D eigenvalue weighted by Crippen LogP contribution is 2.27. The number of pyridine rings is 1. The first kappa shape index (κ1) is 26.6. The molecule has 1 aliphatic heterocycles. The molecular formula is C31H35N5O3. The molecule has 2 aromatic heterocycles. The molecule has 0 radical (unpaired) electrons. The van der Waals surface area contributed by atoms with E-state index in [2.05, 4.69) is 10.3 Å². The number of ether oxygens (including phenoxy) is 1. The number of piperidine rings is 1. The van der Waals surface area contributed by atoms with Crippen molar-refractivity contribution in [3.8, 4) is 11.1 Å². The maximum Gasteiger partial charge on any atom is 0.253 e. The first-order valence-corrected chi connectivity index (χ1v) is 13.5. The van der Waals surface area contributed by atoms with Crippen LogP contribution in [0, 0.1) is 19.8 Å². The van der Waals surface area contributed by atoms with Gasteiger partial charge >= 0.3 is 0 Å². The predicted molar refractivity (Wildman–Crippen MR) is 152 cm³/mol. The Bertz CT molecular complexity index is 1470. The van der Waals surface area contributed by atoms with Gasteiger partial charge in [0.2, 0.25) is 0 Å². The number of likely N-dealkylation sites (tertiary alicyclic amines) is 1. The van der Waals surface area contributed by atoms with Gasteiger partial charge in [-0.05, 0) is 91.3 Å². The number of hydrogen-bond donors (Lipinski definition) is 1. The van der Waals surface area contributed by atoms with Gasteiger partial charge in [-0.25, -0.2) is 0 Å². The van der Waals surface area contributed by atoms with Gasteiger partial charge in [0.25, 0.3) is 11.8 Å². The lowest BCUT2D eigenvalue weighted by Gasteiger charge is -2.32. The summed E-state index contributed by atoms with van der Waals surface area (Å²) in [6.07, 6.45) is 7.48. The van der Waals surface area contributed by atoms with Crippen molar-refractivity contribution in [2.75, 3.05) is 33.4 Å². The molecule has 1 saturated heterocycles. The van der Waals surface area contributed by atoms with E-state index >= 15 is 0 Å². The van der Waals surface area contributed by atoms with E-state index in [0.717, 1.165) is 71.2 Å². The van der Waals surface area contributed by atoms with Gasteiger partial charge in [-0.15, -0.1) is 0 Å². The molecule has 0 bridgehead atoms. The van der Waals surface area contributed by atoms with E-state index in [-0.39, 0.29) is 11.8 Å². The number of fused-ring (bicyclic) bond motifs is 1. The van der Waals surface area contributed by atoms with Gasteiger partial charge in [-0.1, -0.05) is 6.07 Å². The number of rotatable bonds is 8. The Morgan fingerprint density at radius 2 is 1.82 bits per heavy atom. The third kappa shape index (κ3) is 5.86. The maximum absolute atomic E-state index is 13.2. The van der Waals surface area contributed by atoms with E-state index in [1.165, 1.54) is 0 Å². The average molecular weight is 526 g/mol. The Hall–Kier alpha value is -4.04. The van der Waals surface area contributed by atoms with E-state index in [1.54, 1.807) is 19.5 Å². The van der Waals surface area contributed by atoms with Crippen LogP contribution in [0.3, 0.4) is 0 Å². The fourth-order valence-corrected chi connectivity index (χ4v) is 5.40. The Balaban J connectivity index is 1.19. The molecule has 3 heterocycles. The number of carbonyl (C=O) groups excluding carboxylic acids is 2. The first-order chi connectivity index (χ1) is 18.9. The van der Waals surface area contributed by atoms with Gasteiger partial charge < -0.3 is 15.0 Å². The average Bonchev–Trinajstić information content (AvgIpc) is 3.37. The summed E-state index contributed by atoms with van der Waals surface area (Å²) in [6.45, 7) is 7.24. The smallest absolute Gasteiger partial charge is 0.253 e. The topological polar surface area (TPSA) is 89.4 Å². The van der Waals surface area contributed by atoms with Gasteiger partial charge in [0.15, 0.2) is 0 Å². The summed E-state index contributed by atoms with van der Waals surface area (Å²) in [7, 11) is 1.61. The standard InChI is InChI=1S/C31H35N5O3/c1-21-18-25(4-5-26(21)24-8-12-32-13-9-24)31(38)35-15-10-23(11-16-35)19-36-20-28-22(2)27(6-7-29(28)34-36)30(37)33-14-17-39-3/h4-9,12-13,18,20,23H,10-11,14-17,19H2,1-3H3,(H,33,37). The second kappa shape index (κ2) is 11.8. The molecule has 39 heavy (non-hydrogen) atoms. The van der Waals surface area contributed by atoms with Crippen LogP contribution in [0.5, 0.6) is 0 Å². The van der Waals surface area contributed by atoms with E-state index in [4.69, 9.17) is 9.84 Å². The summed E-state index contributed by atoms with van der Waals surface area (Å²) in [5.41, 5.74) is 6.52. The van der Waals surface area contributed by atoms with Gasteiger partial charge in [0.05, 0.1) is 12.1 Å². The normalized spacial score (nSPS) is 14.1. The molecule has 1 fully saturated rings. The van der Waals surface area contributed by atoms with Crippen LogP contribution in [-0.4, -0.2) is 64.8 Å². The highest BCUT2D eigenvalue weighted by molar-refractivity contribution is 6.00. The quantitative estimate of drug-likeness (QED) is 0.339. The summed E-state index contributed by atoms with van der Waals surface area (Å²) in [5.74, 6) is 0.435. The predicted octanol–water partition coefficient (Wildman–Crippen LogP) is 4.64. The van der Waals surface area contributed by atoms with Crippen molar-refractivity contribution in [1.29, 1.82) is 0 Å². The van der Waals surface area contributed by atoms with Crippen molar-refractivity contribution in [2.24, 2.45) is 5.92 Å². The van der Waals surface area contributed by atoms with Crippen LogP contribution in [0.15, 0.2) is 61.1 Å². The van der Waals surface area contributed by atoms with E-state index in [1.807, 2.05) is 72.1 Å². The molecule has 0 aliphatic carbocycles. The van der Waals surface area contributed by atoms with E-state index in [9.17, 15) is 9.59 Å². The summed E-state index contributed by atoms with van der Waals surface area (Å²) in [4.78, 5) is 31.9. The van der Waals surface area contributed by atoms with Crippen LogP contribution >= 0.6 is 0 Å². The zero-order chi connectivity index (χ0) is 27.4. The second-order valence-electron chi connectivity index (χ2n) is 10.3. The summed E-state index contributed by atoms with van der Waals surface area (Å²) in [5, 5.41) is 8.65. The van der Waals surface area contributed by atoms with Crippen LogP contribution in [0.4, 0.5) is 0 Å². The van der Waals surface area contributed by atoms with E-state index in [0.29, 0.717) is 24.6 Å². The number of carbonyl (C=O) groups is 2. The third-order valence-electron chi connectivity index (χ3n) is 7.65. The minimum atomic E-state index is -0.0987. The van der Waals surface area contributed by atoms with Crippen LogP contribution < -0.4 is 5.32 Å². The summed E-state index contributed by atoms with van der Waals surface area (Å²) < 4.78 is 7.01. The second-order valence-corrected chi connectivity index (χ2v) is 10.3. The zero-order valence-electron chi connectivity index (χ0n) is 22.8. The Labute approximate surface area is 229 Å². The Morgan fingerprint density at radius 3 is 2.54 bits per heavy atom. The SMILES string of the molecule is COCCNC(=O)c1ccc2nn(CC3CCN(C(=O)c4ccc(-c5ccncc5)c(C)c4)CC3)cc2c1C. The molecule has 2 amide bonds. The van der Waals surface area contributed by atoms with Gasteiger partial charge in [-0.2, -0.15) is 5.10 Å². The number of amides is 2. The summed E-state index contributed by atoms with van der Waals surface area (Å²) in [6, 6.07) is 13.7. The lowest BCUT2D eigenvalue weighted by molar-refractivity contribution is 0.0681. The van der Waals surface area contributed by atoms with Crippen molar-refractivity contribution < 1.29 is 14.3 Å². The number of aromatic nitrogens is 3. The minimum absolute atomic E-state index is 0.0922. The number of nitrogens with one attached hydrogen (secondary N) is 1. The molecule has 1 N–H and O–H groups in total. The lowest BCUT2D eigenvalue weighted by atomic mass is 9.95. The van der Waals surface area contributed by atoms with Crippen molar-refractivity contribution in [3.63, 3.8) is 0 Å². The fourth-order valence-electron chi connectivity index (χ4n) is 5.40. The van der Waals surface area contributed by atoms with Crippen molar-refractivity contribution in [1.82, 2.24) is 25.0 Å². The number of hydrogen-bond acceptors (Lipinski definition) is 5. The Morgan fingerprint density at radius 1 is 1.05 bits per heavy atom. The fraction of sp³-hybridized carbons (Fsp3) is 0.355. The maximum atomic E-state index is 13.2. The lowest BCUT2D eigenvalue weighted by Crippen LogP contribution is -2.39. The zero-order valence-corrected chi connectivity index (χ0v) is 22.8. The third-order valence-corrected chi connectivity index (χ3v) is 7.65. The number of benzene rings is 2. The molecule has 8 nitrogen and oxygen atoms in total. The van der Waals surface area contributed by atoms with Crippen LogP contribution in [0.1, 0.15) is 44.7 Å². The molecule has 8 heteroatoms. The van der Waals surface area contributed by atoms with Crippen LogP contribution in [0.2, 0.25) is 0 Å². The Kier molecular flexibility index (Phi) is 8.02. The van der Waals surface area contributed by atoms with Crippen molar-refractivity contribution >= 4 is 22.7 Å². The van der Waals surface area contributed by atoms with Crippen LogP contribution in [0.25, 0.3) is 22.0 Å².